The molecule has 1 saturated heterocycles. The van der Waals surface area contributed by atoms with Gasteiger partial charge in [-0.05, 0) is 37.1 Å². The highest BCUT2D eigenvalue weighted by Crippen LogP contribution is 2.49. The minimum Gasteiger partial charge on any atom is -0.479 e. The first-order valence-electron chi connectivity index (χ1n) is 15.5. The fraction of sp³-hybridized carbons (Fsp3) is 0.344. The van der Waals surface area contributed by atoms with Crippen LogP contribution in [-0.2, 0) is 18.6 Å². The van der Waals surface area contributed by atoms with Gasteiger partial charge in [-0.3, -0.25) is 14.1 Å². The molecule has 0 aliphatic carbocycles. The lowest BCUT2D eigenvalue weighted by Gasteiger charge is -2.28. The van der Waals surface area contributed by atoms with Gasteiger partial charge in [-0.1, -0.05) is 19.9 Å². The molecule has 4 heterocycles. The number of hydrogen-bond acceptors (Lipinski definition) is 14. The SMILES string of the molecule is COc1nc(N)nc2c1ncn2C1O[C@H](COP(=O)(N[C@H](C(=O)Oc2cc(F)cc(F)c2)C(C)C)Oc2cccc3ncccc23)[C@@H](O)[C@@]1(C)O. The number of fused-ring (bicyclic) bond motifs is 2. The Morgan fingerprint density at radius 1 is 1.16 bits per heavy atom. The number of nitrogen functional groups attached to an aromatic ring is 1. The highest BCUT2D eigenvalue weighted by Gasteiger charge is 2.54. The molecular formula is C32H34F2N7O9P. The summed E-state index contributed by atoms with van der Waals surface area (Å²) in [5, 5.41) is 25.7. The van der Waals surface area contributed by atoms with Crippen molar-refractivity contribution in [2.24, 2.45) is 5.92 Å². The number of anilines is 1. The quantitative estimate of drug-likeness (QED) is 0.0819. The summed E-state index contributed by atoms with van der Waals surface area (Å²) in [5.41, 5.74) is 4.69. The molecule has 0 bridgehead atoms. The van der Waals surface area contributed by atoms with Crippen LogP contribution in [0.15, 0.2) is 61.1 Å². The molecule has 2 unspecified atom stereocenters. The number of aliphatic hydroxyl groups excluding tert-OH is 1. The number of carbonyl (C=O) groups is 1. The van der Waals surface area contributed by atoms with Crippen LogP contribution in [0.5, 0.6) is 17.4 Å². The summed E-state index contributed by atoms with van der Waals surface area (Å²) in [4.78, 5) is 30.1. The summed E-state index contributed by atoms with van der Waals surface area (Å²) in [5.74, 6) is -4.07. The number of carbonyl (C=O) groups excluding carboxylic acids is 1. The van der Waals surface area contributed by atoms with Crippen molar-refractivity contribution in [3.05, 3.63) is 72.7 Å². The van der Waals surface area contributed by atoms with Gasteiger partial charge in [0.15, 0.2) is 17.4 Å². The van der Waals surface area contributed by atoms with Crippen LogP contribution >= 0.6 is 7.75 Å². The Morgan fingerprint density at radius 2 is 1.90 bits per heavy atom. The number of nitrogens with one attached hydrogen (secondary N) is 1. The third kappa shape index (κ3) is 7.33. The highest BCUT2D eigenvalue weighted by atomic mass is 31.2. The molecule has 19 heteroatoms. The van der Waals surface area contributed by atoms with Crippen LogP contribution < -0.4 is 24.8 Å². The summed E-state index contributed by atoms with van der Waals surface area (Å²) in [7, 11) is -3.29. The van der Waals surface area contributed by atoms with Crippen molar-refractivity contribution in [1.29, 1.82) is 0 Å². The van der Waals surface area contributed by atoms with Crippen molar-refractivity contribution in [1.82, 2.24) is 29.6 Å². The first-order chi connectivity index (χ1) is 24.2. The van der Waals surface area contributed by atoms with E-state index in [4.69, 9.17) is 29.0 Å². The lowest BCUT2D eigenvalue weighted by atomic mass is 9.96. The van der Waals surface area contributed by atoms with Crippen LogP contribution in [0.25, 0.3) is 22.1 Å². The molecule has 1 fully saturated rings. The molecule has 1 aliphatic heterocycles. The van der Waals surface area contributed by atoms with Gasteiger partial charge < -0.3 is 34.7 Å². The largest absolute Gasteiger partial charge is 0.479 e. The van der Waals surface area contributed by atoms with Crippen molar-refractivity contribution in [3.8, 4) is 17.4 Å². The van der Waals surface area contributed by atoms with E-state index in [2.05, 4.69) is 25.0 Å². The third-order valence-corrected chi connectivity index (χ3v) is 9.63. The van der Waals surface area contributed by atoms with Crippen molar-refractivity contribution < 1.29 is 51.6 Å². The number of imidazole rings is 1. The van der Waals surface area contributed by atoms with E-state index >= 15 is 0 Å². The molecule has 1 aliphatic rings. The van der Waals surface area contributed by atoms with Gasteiger partial charge in [-0.25, -0.2) is 23.1 Å². The molecule has 16 nitrogen and oxygen atoms in total. The minimum atomic E-state index is -4.66. The molecule has 270 valence electrons. The van der Waals surface area contributed by atoms with E-state index in [-0.39, 0.29) is 28.7 Å². The smallest absolute Gasteiger partial charge is 0.459 e. The molecule has 0 radical (unpaired) electrons. The number of nitrogens with zero attached hydrogens (tertiary/aromatic N) is 5. The van der Waals surface area contributed by atoms with Gasteiger partial charge in [0.2, 0.25) is 11.8 Å². The normalized spacial score (nSPS) is 22.3. The van der Waals surface area contributed by atoms with Crippen molar-refractivity contribution in [2.45, 2.75) is 50.8 Å². The molecule has 51 heavy (non-hydrogen) atoms. The Balaban J connectivity index is 1.30. The molecule has 3 aromatic heterocycles. The standard InChI is InChI=1S/C32H34F2N7O9P/c1-16(2)24(29(43)48-19-12-17(33)11-18(34)13-19)40-51(45,50-22-9-5-8-21-20(22)7-6-10-36-21)47-14-23-26(42)32(3,44)30(49-23)41-15-37-25-27(41)38-31(35)39-28(25)46-4/h5-13,15-16,23-24,26,30,42,44H,14H2,1-4H3,(H,40,45)(H2,35,38,39)/t23-,24+,26-,30?,32-,51?/m1/s1. The Morgan fingerprint density at radius 3 is 2.61 bits per heavy atom. The number of hydrogen-bond donors (Lipinski definition) is 4. The minimum absolute atomic E-state index is 0.0633. The lowest BCUT2D eigenvalue weighted by molar-refractivity contribution is -0.137. The molecule has 0 amide bonds. The number of nitrogens with two attached hydrogens (primary N) is 1. The van der Waals surface area contributed by atoms with E-state index in [0.717, 1.165) is 12.1 Å². The molecule has 2 aromatic carbocycles. The first kappa shape index (κ1) is 36.0. The monoisotopic (exact) mass is 729 g/mol. The van der Waals surface area contributed by atoms with Crippen LogP contribution in [-0.4, -0.2) is 78.3 Å². The van der Waals surface area contributed by atoms with Crippen molar-refractivity contribution in [2.75, 3.05) is 19.5 Å². The molecule has 0 saturated carbocycles. The summed E-state index contributed by atoms with van der Waals surface area (Å²) in [6, 6.07) is 8.94. The summed E-state index contributed by atoms with van der Waals surface area (Å²) in [6.07, 6.45) is -1.43. The summed E-state index contributed by atoms with van der Waals surface area (Å²) in [6.45, 7) is 3.86. The molecule has 5 N–H and O–H groups in total. The number of methoxy groups -OCH3 is 1. The average molecular weight is 730 g/mol. The fourth-order valence-electron chi connectivity index (χ4n) is 5.56. The van der Waals surface area contributed by atoms with Crippen molar-refractivity contribution in [3.63, 3.8) is 0 Å². The van der Waals surface area contributed by atoms with Crippen LogP contribution in [0.2, 0.25) is 0 Å². The van der Waals surface area contributed by atoms with Gasteiger partial charge >= 0.3 is 13.7 Å². The van der Waals surface area contributed by atoms with E-state index in [1.54, 1.807) is 44.3 Å². The average Bonchev–Trinajstić information content (AvgIpc) is 3.58. The van der Waals surface area contributed by atoms with Crippen LogP contribution in [0.4, 0.5) is 14.7 Å². The van der Waals surface area contributed by atoms with Crippen molar-refractivity contribution >= 4 is 41.7 Å². The second-order valence-electron chi connectivity index (χ2n) is 12.2. The van der Waals surface area contributed by atoms with E-state index in [1.807, 2.05) is 0 Å². The predicted octanol–water partition coefficient (Wildman–Crippen LogP) is 3.68. The van der Waals surface area contributed by atoms with Gasteiger partial charge in [-0.15, -0.1) is 0 Å². The van der Waals surface area contributed by atoms with Crippen LogP contribution in [0.3, 0.4) is 0 Å². The summed E-state index contributed by atoms with van der Waals surface area (Å²) >= 11 is 0. The maximum absolute atomic E-state index is 14.7. The fourth-order valence-corrected chi connectivity index (χ4v) is 7.24. The van der Waals surface area contributed by atoms with E-state index in [9.17, 15) is 28.4 Å². The second kappa shape index (κ2) is 14.1. The summed E-state index contributed by atoms with van der Waals surface area (Å²) < 4.78 is 72.0. The van der Waals surface area contributed by atoms with Crippen LogP contribution in [0, 0.1) is 17.6 Å². The Labute approximate surface area is 289 Å². The second-order valence-corrected chi connectivity index (χ2v) is 13.9. The van der Waals surface area contributed by atoms with E-state index in [0.29, 0.717) is 17.0 Å². The highest BCUT2D eigenvalue weighted by molar-refractivity contribution is 7.52. The molecule has 6 atom stereocenters. The Bertz CT molecular complexity index is 2110. The number of benzene rings is 2. The first-order valence-corrected chi connectivity index (χ1v) is 17.1. The lowest BCUT2D eigenvalue weighted by Crippen LogP contribution is -2.45. The molecule has 0 spiro atoms. The van der Waals surface area contributed by atoms with Gasteiger partial charge in [-0.2, -0.15) is 15.1 Å². The number of esters is 1. The maximum atomic E-state index is 14.7. The topological polar surface area (TPSA) is 215 Å². The number of ether oxygens (including phenoxy) is 3. The number of pyridine rings is 1. The molecular weight excluding hydrogens is 695 g/mol. The van der Waals surface area contributed by atoms with Gasteiger partial charge in [0, 0.05) is 29.8 Å². The zero-order chi connectivity index (χ0) is 36.7. The Kier molecular flexibility index (Phi) is 9.91. The van der Waals surface area contributed by atoms with Crippen LogP contribution in [0.1, 0.15) is 27.0 Å². The zero-order valence-corrected chi connectivity index (χ0v) is 28.5. The van der Waals surface area contributed by atoms with Gasteiger partial charge in [0.25, 0.3) is 0 Å². The molecule has 6 rings (SSSR count). The van der Waals surface area contributed by atoms with Gasteiger partial charge in [0.1, 0.15) is 47.0 Å². The number of aliphatic hydroxyl groups is 2. The Hall–Kier alpha value is -4.84. The number of aromatic nitrogens is 5. The zero-order valence-electron chi connectivity index (χ0n) is 27.6. The van der Waals surface area contributed by atoms with E-state index < -0.39 is 73.7 Å². The van der Waals surface area contributed by atoms with Gasteiger partial charge in [0.05, 0.1) is 25.6 Å². The number of halogens is 2. The third-order valence-electron chi connectivity index (χ3n) is 8.11. The van der Waals surface area contributed by atoms with E-state index in [1.165, 1.54) is 31.0 Å². The maximum Gasteiger partial charge on any atom is 0.459 e. The number of rotatable bonds is 12. The predicted molar refractivity (Wildman–Crippen MR) is 177 cm³/mol. The molecule has 5 aromatic rings.